The molecule has 2 aromatic heterocycles. The molecule has 2 saturated heterocycles. The van der Waals surface area contributed by atoms with Gasteiger partial charge < -0.3 is 5.73 Å². The van der Waals surface area contributed by atoms with Crippen molar-refractivity contribution in [3.63, 3.8) is 0 Å². The number of nitrogens with one attached hydrogen (secondary N) is 2. The third kappa shape index (κ3) is 3.50. The molecular weight excluding hydrogens is 356 g/mol. The first-order valence-corrected chi connectivity index (χ1v) is 9.87. The lowest BCUT2D eigenvalue weighted by Crippen LogP contribution is -2.32. The second-order valence-electron chi connectivity index (χ2n) is 7.31. The molecule has 0 saturated carbocycles. The third-order valence-electron chi connectivity index (χ3n) is 5.36. The molecule has 148 valence electrons. The highest BCUT2D eigenvalue weighted by Gasteiger charge is 2.23. The average Bonchev–Trinajstić information content (AvgIpc) is 3.28. The van der Waals surface area contributed by atoms with Gasteiger partial charge in [-0.3, -0.25) is 10.6 Å². The van der Waals surface area contributed by atoms with Crippen molar-refractivity contribution in [2.24, 2.45) is 10.2 Å². The standard InChI is InChI=1S/C18H26N10/c1-12-16(17(19)27(26-12)14-7-3-5-9-21-14)24-25-18-13(20-2)11-23-28(18)15-8-4-6-10-22-15/h11,14-15,21-22H,3-10,19H2,1H3. The minimum Gasteiger partial charge on any atom is -0.382 e. The van der Waals surface area contributed by atoms with Crippen LogP contribution in [-0.4, -0.2) is 32.7 Å². The van der Waals surface area contributed by atoms with E-state index in [1.165, 1.54) is 6.42 Å². The Balaban J connectivity index is 1.63. The molecular formula is C18H26N10. The zero-order valence-electron chi connectivity index (χ0n) is 16.1. The lowest BCUT2D eigenvalue weighted by Gasteiger charge is -2.24. The molecule has 10 heteroatoms. The van der Waals surface area contributed by atoms with Crippen LogP contribution >= 0.6 is 0 Å². The molecule has 0 aromatic carbocycles. The first-order valence-electron chi connectivity index (χ1n) is 9.87. The minimum atomic E-state index is 0.0332. The van der Waals surface area contributed by atoms with Crippen molar-refractivity contribution in [1.82, 2.24) is 30.2 Å². The van der Waals surface area contributed by atoms with Crippen molar-refractivity contribution in [1.29, 1.82) is 0 Å². The molecule has 2 aliphatic heterocycles. The zero-order chi connectivity index (χ0) is 19.5. The van der Waals surface area contributed by atoms with Crippen LogP contribution in [0.1, 0.15) is 56.6 Å². The maximum Gasteiger partial charge on any atom is 0.251 e. The van der Waals surface area contributed by atoms with Gasteiger partial charge in [-0.2, -0.15) is 10.2 Å². The van der Waals surface area contributed by atoms with Gasteiger partial charge in [0.25, 0.3) is 5.69 Å². The van der Waals surface area contributed by atoms with E-state index in [1.54, 1.807) is 15.6 Å². The van der Waals surface area contributed by atoms with Gasteiger partial charge in [0.15, 0.2) is 17.3 Å². The van der Waals surface area contributed by atoms with E-state index in [-0.39, 0.29) is 12.3 Å². The number of rotatable bonds is 4. The number of aryl methyl sites for hydroxylation is 1. The van der Waals surface area contributed by atoms with E-state index >= 15 is 0 Å². The highest BCUT2D eigenvalue weighted by atomic mass is 15.4. The molecule has 0 aliphatic carbocycles. The molecule has 10 nitrogen and oxygen atoms in total. The van der Waals surface area contributed by atoms with Crippen LogP contribution in [0.3, 0.4) is 0 Å². The first-order chi connectivity index (χ1) is 13.7. The number of azo groups is 1. The Kier molecular flexibility index (Phi) is 5.36. The number of anilines is 1. The number of hydrogen-bond acceptors (Lipinski definition) is 7. The Morgan fingerprint density at radius 2 is 1.79 bits per heavy atom. The molecule has 2 unspecified atom stereocenters. The predicted octanol–water partition coefficient (Wildman–Crippen LogP) is 3.48. The second-order valence-corrected chi connectivity index (χ2v) is 7.31. The van der Waals surface area contributed by atoms with Crippen LogP contribution < -0.4 is 16.4 Å². The number of aromatic nitrogens is 4. The van der Waals surface area contributed by atoms with Crippen LogP contribution in [0, 0.1) is 13.5 Å². The van der Waals surface area contributed by atoms with Gasteiger partial charge in [-0.15, -0.1) is 10.2 Å². The largest absolute Gasteiger partial charge is 0.382 e. The molecule has 0 spiro atoms. The Labute approximate surface area is 164 Å². The van der Waals surface area contributed by atoms with Gasteiger partial charge in [-0.1, -0.05) is 0 Å². The van der Waals surface area contributed by atoms with E-state index in [1.807, 2.05) is 6.92 Å². The van der Waals surface area contributed by atoms with E-state index in [2.05, 4.69) is 35.9 Å². The summed E-state index contributed by atoms with van der Waals surface area (Å²) in [5, 5.41) is 24.6. The number of nitrogens with zero attached hydrogens (tertiary/aromatic N) is 7. The van der Waals surface area contributed by atoms with E-state index < -0.39 is 0 Å². The van der Waals surface area contributed by atoms with Gasteiger partial charge in [0.2, 0.25) is 0 Å². The van der Waals surface area contributed by atoms with Gasteiger partial charge in [0.1, 0.15) is 12.3 Å². The number of nitrogens with two attached hydrogens (primary N) is 1. The minimum absolute atomic E-state index is 0.0332. The van der Waals surface area contributed by atoms with Gasteiger partial charge in [-0.25, -0.2) is 14.2 Å². The smallest absolute Gasteiger partial charge is 0.251 e. The summed E-state index contributed by atoms with van der Waals surface area (Å²) in [5.74, 6) is 0.948. The van der Waals surface area contributed by atoms with E-state index in [0.717, 1.165) is 50.9 Å². The summed E-state index contributed by atoms with van der Waals surface area (Å²) >= 11 is 0. The van der Waals surface area contributed by atoms with Gasteiger partial charge in [0.05, 0.1) is 18.5 Å². The van der Waals surface area contributed by atoms with E-state index in [9.17, 15) is 0 Å². The van der Waals surface area contributed by atoms with Crippen LogP contribution in [0.5, 0.6) is 0 Å². The summed E-state index contributed by atoms with van der Waals surface area (Å²) in [6.45, 7) is 11.2. The lowest BCUT2D eigenvalue weighted by atomic mass is 10.1. The summed E-state index contributed by atoms with van der Waals surface area (Å²) < 4.78 is 3.56. The predicted molar refractivity (Wildman–Crippen MR) is 106 cm³/mol. The van der Waals surface area contributed by atoms with Crippen molar-refractivity contribution < 1.29 is 0 Å². The average molecular weight is 382 g/mol. The molecule has 4 heterocycles. The Bertz CT molecular complexity index is 890. The maximum absolute atomic E-state index is 7.42. The fourth-order valence-corrected chi connectivity index (χ4v) is 3.85. The Hall–Kier alpha value is -2.77. The SMILES string of the molecule is [C-]#[N+]c1cnn(C2CCCCN2)c1N=Nc1c(C)nn(C2CCCCN2)c1N. The number of piperidine rings is 2. The van der Waals surface area contributed by atoms with Crippen molar-refractivity contribution in [2.75, 3.05) is 18.8 Å². The van der Waals surface area contributed by atoms with Crippen molar-refractivity contribution in [3.8, 4) is 0 Å². The quantitative estimate of drug-likeness (QED) is 0.553. The summed E-state index contributed by atoms with van der Waals surface area (Å²) in [6.07, 6.45) is 8.19. The van der Waals surface area contributed by atoms with Crippen LogP contribution in [-0.2, 0) is 0 Å². The highest BCUT2D eigenvalue weighted by Crippen LogP contribution is 2.36. The van der Waals surface area contributed by atoms with Crippen LogP contribution in [0.2, 0.25) is 0 Å². The summed E-state index contributed by atoms with van der Waals surface area (Å²) in [4.78, 5) is 3.54. The highest BCUT2D eigenvalue weighted by molar-refractivity contribution is 5.64. The fourth-order valence-electron chi connectivity index (χ4n) is 3.85. The van der Waals surface area contributed by atoms with Crippen molar-refractivity contribution in [3.05, 3.63) is 23.3 Å². The summed E-state index contributed by atoms with van der Waals surface area (Å²) in [5.41, 5.74) is 7.99. The van der Waals surface area contributed by atoms with Crippen molar-refractivity contribution in [2.45, 2.75) is 57.8 Å². The van der Waals surface area contributed by atoms with Crippen LogP contribution in [0.4, 0.5) is 23.0 Å². The molecule has 0 radical (unpaired) electrons. The summed E-state index contributed by atoms with van der Waals surface area (Å²) in [6, 6.07) is 0. The molecule has 4 N–H and O–H groups in total. The molecule has 2 fully saturated rings. The van der Waals surface area contributed by atoms with Crippen LogP contribution in [0.25, 0.3) is 4.85 Å². The van der Waals surface area contributed by atoms with E-state index in [4.69, 9.17) is 12.3 Å². The number of nitrogen functional groups attached to an aromatic ring is 1. The molecule has 2 aliphatic rings. The molecule has 0 amide bonds. The van der Waals surface area contributed by atoms with Crippen molar-refractivity contribution >= 4 is 23.0 Å². The van der Waals surface area contributed by atoms with Gasteiger partial charge in [-0.05, 0) is 58.5 Å². The molecule has 2 aromatic rings. The molecule has 4 rings (SSSR count). The monoisotopic (exact) mass is 382 g/mol. The van der Waals surface area contributed by atoms with Gasteiger partial charge in [0, 0.05) is 0 Å². The first kappa shape index (κ1) is 18.6. The lowest BCUT2D eigenvalue weighted by molar-refractivity contribution is 0.300. The maximum atomic E-state index is 7.42. The van der Waals surface area contributed by atoms with Gasteiger partial charge >= 0.3 is 0 Å². The molecule has 0 bridgehead atoms. The Morgan fingerprint density at radius 3 is 2.39 bits per heavy atom. The second kappa shape index (κ2) is 8.08. The normalized spacial score (nSPS) is 23.1. The molecule has 28 heavy (non-hydrogen) atoms. The Morgan fingerprint density at radius 1 is 1.11 bits per heavy atom. The van der Waals surface area contributed by atoms with Crippen LogP contribution in [0.15, 0.2) is 16.4 Å². The fraction of sp³-hybridized carbons (Fsp3) is 0.611. The number of hydrogen-bond donors (Lipinski definition) is 3. The summed E-state index contributed by atoms with van der Waals surface area (Å²) in [7, 11) is 0. The topological polar surface area (TPSA) is 115 Å². The third-order valence-corrected chi connectivity index (χ3v) is 5.36. The van der Waals surface area contributed by atoms with E-state index in [0.29, 0.717) is 23.0 Å². The zero-order valence-corrected chi connectivity index (χ0v) is 16.1. The molecule has 2 atom stereocenters.